The summed E-state index contributed by atoms with van der Waals surface area (Å²) >= 11 is 0. The smallest absolute Gasteiger partial charge is 0.220 e. The van der Waals surface area contributed by atoms with Crippen LogP contribution < -0.4 is 5.32 Å². The molecular formula is C38H67NO3. The molecule has 0 radical (unpaired) electrons. The lowest BCUT2D eigenvalue weighted by Crippen LogP contribution is -2.45. The summed E-state index contributed by atoms with van der Waals surface area (Å²) in [6, 6.07) is -0.652. The molecule has 0 fully saturated rings. The van der Waals surface area contributed by atoms with Crippen molar-refractivity contribution in [2.24, 2.45) is 0 Å². The summed E-state index contributed by atoms with van der Waals surface area (Å²) in [5, 5.41) is 22.8. The van der Waals surface area contributed by atoms with E-state index in [1.54, 1.807) is 6.08 Å². The van der Waals surface area contributed by atoms with Gasteiger partial charge < -0.3 is 15.5 Å². The van der Waals surface area contributed by atoms with Crippen molar-refractivity contribution in [3.05, 3.63) is 60.8 Å². The Morgan fingerprint density at radius 3 is 1.57 bits per heavy atom. The Labute approximate surface area is 260 Å². The largest absolute Gasteiger partial charge is 0.394 e. The predicted molar refractivity (Wildman–Crippen MR) is 184 cm³/mol. The first kappa shape index (κ1) is 40.1. The summed E-state index contributed by atoms with van der Waals surface area (Å²) in [4.78, 5) is 12.3. The van der Waals surface area contributed by atoms with Crippen LogP contribution in [-0.2, 0) is 4.79 Å². The maximum atomic E-state index is 12.3. The first-order chi connectivity index (χ1) is 20.7. The molecule has 0 spiro atoms. The third kappa shape index (κ3) is 29.6. The van der Waals surface area contributed by atoms with Crippen LogP contribution in [0.5, 0.6) is 0 Å². The number of rotatable bonds is 30. The average Bonchev–Trinajstić information content (AvgIpc) is 2.99. The van der Waals surface area contributed by atoms with E-state index in [9.17, 15) is 15.0 Å². The van der Waals surface area contributed by atoms with Crippen molar-refractivity contribution in [1.82, 2.24) is 5.32 Å². The van der Waals surface area contributed by atoms with Crippen molar-refractivity contribution in [2.45, 2.75) is 167 Å². The van der Waals surface area contributed by atoms with Crippen molar-refractivity contribution in [1.29, 1.82) is 0 Å². The summed E-state index contributed by atoms with van der Waals surface area (Å²) in [6.07, 6.45) is 45.8. The van der Waals surface area contributed by atoms with Gasteiger partial charge in [-0.15, -0.1) is 0 Å². The van der Waals surface area contributed by atoms with Gasteiger partial charge >= 0.3 is 0 Å². The normalized spacial score (nSPS) is 13.9. The van der Waals surface area contributed by atoms with Gasteiger partial charge in [0.15, 0.2) is 0 Å². The van der Waals surface area contributed by atoms with E-state index in [1.807, 2.05) is 6.08 Å². The van der Waals surface area contributed by atoms with Crippen molar-refractivity contribution in [3.63, 3.8) is 0 Å². The average molecular weight is 586 g/mol. The van der Waals surface area contributed by atoms with Crippen LogP contribution in [0.3, 0.4) is 0 Å². The monoisotopic (exact) mass is 586 g/mol. The molecule has 1 amide bonds. The highest BCUT2D eigenvalue weighted by Crippen LogP contribution is 2.09. The van der Waals surface area contributed by atoms with Gasteiger partial charge in [-0.3, -0.25) is 4.79 Å². The van der Waals surface area contributed by atoms with Gasteiger partial charge in [-0.05, 0) is 77.0 Å². The zero-order valence-electron chi connectivity index (χ0n) is 27.5. The fourth-order valence-corrected chi connectivity index (χ4v) is 4.71. The van der Waals surface area contributed by atoms with Crippen molar-refractivity contribution < 1.29 is 15.0 Å². The van der Waals surface area contributed by atoms with E-state index in [0.29, 0.717) is 6.42 Å². The Bertz CT molecular complexity index is 722. The summed E-state index contributed by atoms with van der Waals surface area (Å²) in [7, 11) is 0. The second-order valence-corrected chi connectivity index (χ2v) is 11.6. The fraction of sp³-hybridized carbons (Fsp3) is 0.711. The van der Waals surface area contributed by atoms with Gasteiger partial charge in [0.2, 0.25) is 5.91 Å². The minimum Gasteiger partial charge on any atom is -0.394 e. The molecule has 4 heteroatoms. The zero-order chi connectivity index (χ0) is 30.8. The molecule has 0 aromatic heterocycles. The summed E-state index contributed by atoms with van der Waals surface area (Å²) in [6.45, 7) is 4.22. The van der Waals surface area contributed by atoms with Crippen molar-refractivity contribution >= 4 is 5.91 Å². The summed E-state index contributed by atoms with van der Waals surface area (Å²) < 4.78 is 0. The predicted octanol–water partition coefficient (Wildman–Crippen LogP) is 10.2. The highest BCUT2D eigenvalue weighted by atomic mass is 16.3. The van der Waals surface area contributed by atoms with E-state index < -0.39 is 12.1 Å². The maximum absolute atomic E-state index is 12.3. The summed E-state index contributed by atoms with van der Waals surface area (Å²) in [5.41, 5.74) is 0. The highest BCUT2D eigenvalue weighted by Gasteiger charge is 2.17. The van der Waals surface area contributed by atoms with Crippen LogP contribution in [-0.4, -0.2) is 34.9 Å². The fourth-order valence-electron chi connectivity index (χ4n) is 4.71. The standard InChI is InChI=1S/C38H67NO3/c1-3-5-7-9-11-13-15-17-19-21-23-25-27-29-31-33-37(41)36(35-40)39-38(42)34-32-30-28-26-24-22-20-18-16-14-12-10-8-6-4-2/h12,14-15,17-18,20,23,25,31,33,36-37,40-41H,3-11,13,16,19,21-22,24,26-30,32,34-35H2,1-2H3,(H,39,42)/b14-12-,17-15+,20-18-,25-23+,33-31+. The van der Waals surface area contributed by atoms with Crippen molar-refractivity contribution in [2.75, 3.05) is 6.61 Å². The van der Waals surface area contributed by atoms with Crippen LogP contribution in [0.25, 0.3) is 0 Å². The van der Waals surface area contributed by atoms with Crippen LogP contribution >= 0.6 is 0 Å². The quantitative estimate of drug-likeness (QED) is 0.0580. The number of amides is 1. The molecule has 0 aromatic rings. The lowest BCUT2D eigenvalue weighted by molar-refractivity contribution is -0.123. The van der Waals surface area contributed by atoms with Gasteiger partial charge in [0.25, 0.3) is 0 Å². The second-order valence-electron chi connectivity index (χ2n) is 11.6. The molecule has 4 nitrogen and oxygen atoms in total. The topological polar surface area (TPSA) is 69.6 Å². The van der Waals surface area contributed by atoms with Gasteiger partial charge in [0, 0.05) is 6.42 Å². The van der Waals surface area contributed by atoms with E-state index in [1.165, 1.54) is 77.0 Å². The SMILES string of the molecule is CCCCC/C=C\C/C=C\CCCCCCCC(=O)NC(CO)C(O)/C=C/CC/C=C/CC/C=C/CCCCCCC. The number of aliphatic hydroxyl groups excluding tert-OH is 2. The third-order valence-electron chi connectivity index (χ3n) is 7.45. The van der Waals surface area contributed by atoms with Gasteiger partial charge in [-0.2, -0.15) is 0 Å². The van der Waals surface area contributed by atoms with Crippen LogP contribution in [0, 0.1) is 0 Å². The maximum Gasteiger partial charge on any atom is 0.220 e. The second kappa shape index (κ2) is 33.6. The number of allylic oxidation sites excluding steroid dienone is 9. The third-order valence-corrected chi connectivity index (χ3v) is 7.45. The Kier molecular flexibility index (Phi) is 32.1. The van der Waals surface area contributed by atoms with Crippen molar-refractivity contribution in [3.8, 4) is 0 Å². The Morgan fingerprint density at radius 2 is 1.00 bits per heavy atom. The molecule has 0 aliphatic heterocycles. The highest BCUT2D eigenvalue weighted by molar-refractivity contribution is 5.76. The number of unbranched alkanes of at least 4 members (excludes halogenated alkanes) is 15. The molecule has 0 aliphatic rings. The summed E-state index contributed by atoms with van der Waals surface area (Å²) in [5.74, 6) is -0.0966. The van der Waals surface area contributed by atoms with Gasteiger partial charge in [0.1, 0.15) is 0 Å². The van der Waals surface area contributed by atoms with Gasteiger partial charge in [-0.1, -0.05) is 132 Å². The van der Waals surface area contributed by atoms with Crippen LogP contribution in [0.2, 0.25) is 0 Å². The molecule has 0 aliphatic carbocycles. The Morgan fingerprint density at radius 1 is 0.571 bits per heavy atom. The van der Waals surface area contributed by atoms with Crippen LogP contribution in [0.1, 0.15) is 155 Å². The molecule has 2 unspecified atom stereocenters. The first-order valence-electron chi connectivity index (χ1n) is 17.5. The lowest BCUT2D eigenvalue weighted by atomic mass is 10.1. The molecule has 242 valence electrons. The zero-order valence-corrected chi connectivity index (χ0v) is 27.5. The number of carbonyl (C=O) groups is 1. The first-order valence-corrected chi connectivity index (χ1v) is 17.5. The van der Waals surface area contributed by atoms with Gasteiger partial charge in [-0.25, -0.2) is 0 Å². The Balaban J connectivity index is 3.78. The number of aliphatic hydroxyl groups is 2. The minimum absolute atomic E-state index is 0.0966. The molecular weight excluding hydrogens is 518 g/mol. The van der Waals surface area contributed by atoms with E-state index in [-0.39, 0.29) is 12.5 Å². The molecule has 0 heterocycles. The molecule has 0 saturated heterocycles. The molecule has 0 aromatic carbocycles. The molecule has 0 saturated carbocycles. The lowest BCUT2D eigenvalue weighted by Gasteiger charge is -2.19. The molecule has 2 atom stereocenters. The number of nitrogens with one attached hydrogen (secondary N) is 1. The van der Waals surface area contributed by atoms with E-state index in [4.69, 9.17) is 0 Å². The molecule has 42 heavy (non-hydrogen) atoms. The Hall–Kier alpha value is -1.91. The molecule has 0 bridgehead atoms. The number of hydrogen-bond acceptors (Lipinski definition) is 3. The van der Waals surface area contributed by atoms with E-state index >= 15 is 0 Å². The van der Waals surface area contributed by atoms with E-state index in [0.717, 1.165) is 57.8 Å². The van der Waals surface area contributed by atoms with Crippen LogP contribution in [0.15, 0.2) is 60.8 Å². The van der Waals surface area contributed by atoms with E-state index in [2.05, 4.69) is 67.8 Å². The molecule has 0 rings (SSSR count). The van der Waals surface area contributed by atoms with Gasteiger partial charge in [0.05, 0.1) is 18.8 Å². The molecule has 3 N–H and O–H groups in total. The minimum atomic E-state index is -0.875. The number of carbonyl (C=O) groups excluding carboxylic acids is 1. The van der Waals surface area contributed by atoms with Crippen LogP contribution in [0.4, 0.5) is 0 Å². The number of hydrogen-bond donors (Lipinski definition) is 3.